The van der Waals surface area contributed by atoms with E-state index in [1.165, 1.54) is 19.4 Å². The van der Waals surface area contributed by atoms with Gasteiger partial charge in [-0.3, -0.25) is 4.40 Å². The van der Waals surface area contributed by atoms with Crippen LogP contribution in [0.25, 0.3) is 5.65 Å². The molecular formula is C18H15ClF2N4O3. The molecule has 0 spiro atoms. The Morgan fingerprint density at radius 3 is 2.61 bits per heavy atom. The van der Waals surface area contributed by atoms with Crippen molar-refractivity contribution in [3.8, 4) is 5.75 Å². The number of halogens is 3. The van der Waals surface area contributed by atoms with Gasteiger partial charge < -0.3 is 9.47 Å². The number of hydrogen-bond donors (Lipinski definition) is 0. The van der Waals surface area contributed by atoms with Crippen molar-refractivity contribution in [1.29, 1.82) is 0 Å². The molecule has 28 heavy (non-hydrogen) atoms. The van der Waals surface area contributed by atoms with Crippen LogP contribution in [0.2, 0.25) is 5.02 Å². The lowest BCUT2D eigenvalue weighted by Crippen LogP contribution is -2.18. The summed E-state index contributed by atoms with van der Waals surface area (Å²) in [6, 6.07) is 7.89. The molecule has 0 bridgehead atoms. The van der Waals surface area contributed by atoms with Gasteiger partial charge in [-0.25, -0.2) is 18.6 Å². The number of methoxy groups -OCH3 is 1. The summed E-state index contributed by atoms with van der Waals surface area (Å²) in [6.45, 7) is 1.81. The molecule has 10 heteroatoms. The lowest BCUT2D eigenvalue weighted by atomic mass is 10.1. The molecule has 0 aliphatic carbocycles. The molecule has 0 aliphatic rings. The molecule has 146 valence electrons. The lowest BCUT2D eigenvalue weighted by molar-refractivity contribution is -0.134. The molecule has 0 radical (unpaired) electrons. The maximum absolute atomic E-state index is 13.2. The largest absolute Gasteiger partial charge is 0.493 e. The summed E-state index contributed by atoms with van der Waals surface area (Å²) in [6.07, 6.45) is -1.55. The fraction of sp³-hybridized carbons (Fsp3) is 0.222. The molecule has 2 aromatic heterocycles. The highest BCUT2D eigenvalue weighted by molar-refractivity contribution is 6.44. The van der Waals surface area contributed by atoms with Crippen LogP contribution in [0.4, 0.5) is 14.5 Å². The van der Waals surface area contributed by atoms with E-state index in [9.17, 15) is 13.6 Å². The van der Waals surface area contributed by atoms with Crippen molar-refractivity contribution in [3.05, 3.63) is 52.9 Å². The molecule has 1 aromatic carbocycles. The second kappa shape index (κ2) is 8.30. The van der Waals surface area contributed by atoms with Crippen LogP contribution >= 0.6 is 11.6 Å². The number of nitrogens with zero attached hydrogens (tertiary/aromatic N) is 4. The van der Waals surface area contributed by atoms with Gasteiger partial charge in [0.25, 0.3) is 6.43 Å². The predicted molar refractivity (Wildman–Crippen MR) is 98.8 cm³/mol. The number of pyridine rings is 1. The van der Waals surface area contributed by atoms with Crippen molar-refractivity contribution in [2.45, 2.75) is 13.3 Å². The predicted octanol–water partition coefficient (Wildman–Crippen LogP) is 4.01. The second-order valence-corrected chi connectivity index (χ2v) is 5.94. The molecule has 0 unspecified atom stereocenters. The zero-order chi connectivity index (χ0) is 20.3. The number of benzene rings is 1. The van der Waals surface area contributed by atoms with Gasteiger partial charge in [-0.1, -0.05) is 23.7 Å². The van der Waals surface area contributed by atoms with E-state index in [2.05, 4.69) is 15.2 Å². The van der Waals surface area contributed by atoms with Crippen molar-refractivity contribution >= 4 is 34.6 Å². The Balaban J connectivity index is 2.18. The molecule has 3 aromatic rings. The molecule has 0 amide bonds. The van der Waals surface area contributed by atoms with Gasteiger partial charge in [0.05, 0.1) is 19.4 Å². The molecule has 2 heterocycles. The number of alkyl halides is 2. The number of hydrogen-bond acceptors (Lipinski definition) is 6. The number of rotatable bonds is 6. The van der Waals surface area contributed by atoms with Gasteiger partial charge in [0, 0.05) is 22.8 Å². The monoisotopic (exact) mass is 408 g/mol. The van der Waals surface area contributed by atoms with Crippen molar-refractivity contribution in [2.24, 2.45) is 4.99 Å². The summed E-state index contributed by atoms with van der Waals surface area (Å²) in [5, 5.41) is 7.69. The minimum absolute atomic E-state index is 0.00779. The zero-order valence-electron chi connectivity index (χ0n) is 14.9. The van der Waals surface area contributed by atoms with E-state index >= 15 is 0 Å². The average Bonchev–Trinajstić information content (AvgIpc) is 3.10. The number of esters is 1. The third-order valence-electron chi connectivity index (χ3n) is 3.73. The van der Waals surface area contributed by atoms with Crippen LogP contribution < -0.4 is 4.74 Å². The van der Waals surface area contributed by atoms with Crippen LogP contribution in [0.3, 0.4) is 0 Å². The van der Waals surface area contributed by atoms with E-state index in [0.717, 1.165) is 4.40 Å². The smallest absolute Gasteiger partial charge is 0.357 e. The van der Waals surface area contributed by atoms with E-state index in [4.69, 9.17) is 21.1 Å². The molecule has 7 nitrogen and oxygen atoms in total. The lowest BCUT2D eigenvalue weighted by Gasteiger charge is -2.09. The van der Waals surface area contributed by atoms with Gasteiger partial charge in [0.15, 0.2) is 11.5 Å². The fourth-order valence-electron chi connectivity index (χ4n) is 2.49. The Bertz CT molecular complexity index is 1040. The van der Waals surface area contributed by atoms with E-state index in [1.807, 2.05) is 0 Å². The molecular weight excluding hydrogens is 394 g/mol. The highest BCUT2D eigenvalue weighted by Gasteiger charge is 2.20. The third-order valence-corrected chi connectivity index (χ3v) is 3.98. The highest BCUT2D eigenvalue weighted by Crippen LogP contribution is 2.29. The van der Waals surface area contributed by atoms with E-state index in [0.29, 0.717) is 10.6 Å². The first-order valence-corrected chi connectivity index (χ1v) is 8.55. The summed E-state index contributed by atoms with van der Waals surface area (Å²) in [4.78, 5) is 16.7. The van der Waals surface area contributed by atoms with Crippen LogP contribution in [0, 0.1) is 0 Å². The Morgan fingerprint density at radius 2 is 2.00 bits per heavy atom. The zero-order valence-corrected chi connectivity index (χ0v) is 15.7. The summed E-state index contributed by atoms with van der Waals surface area (Å²) in [7, 11) is 1.37. The summed E-state index contributed by atoms with van der Waals surface area (Å²) in [5.74, 6) is -1.05. The number of carbonyl (C=O) groups excluding carboxylic acids is 1. The van der Waals surface area contributed by atoms with Gasteiger partial charge in [0.2, 0.25) is 11.5 Å². The second-order valence-electron chi connectivity index (χ2n) is 5.51. The van der Waals surface area contributed by atoms with Gasteiger partial charge in [-0.05, 0) is 19.1 Å². The van der Waals surface area contributed by atoms with Crippen molar-refractivity contribution in [1.82, 2.24) is 14.6 Å². The first kappa shape index (κ1) is 19.7. The standard InChI is InChI=1S/C18H15ClF2N4O3/c1-3-28-18(26)14(10-4-6-11(19)7-5-10)22-12-8-13(27-2)16-23-24-17(15(20)21)25(16)9-12/h4-9,15H,3H2,1-2H3/b22-14+. The Morgan fingerprint density at radius 1 is 1.29 bits per heavy atom. The summed E-state index contributed by atoms with van der Waals surface area (Å²) >= 11 is 5.90. The molecule has 0 saturated carbocycles. The number of carbonyl (C=O) groups is 1. The van der Waals surface area contributed by atoms with Crippen LogP contribution in [0.15, 0.2) is 41.5 Å². The van der Waals surface area contributed by atoms with Gasteiger partial charge in [-0.15, -0.1) is 10.2 Å². The Labute approximate surface area is 163 Å². The SMILES string of the molecule is CCOC(=O)/C(=N/c1cc(OC)c2nnc(C(F)F)n2c1)c1ccc(Cl)cc1. The first-order valence-electron chi connectivity index (χ1n) is 8.17. The van der Waals surface area contributed by atoms with Crippen molar-refractivity contribution in [3.63, 3.8) is 0 Å². The van der Waals surface area contributed by atoms with Gasteiger partial charge in [0.1, 0.15) is 0 Å². The number of fused-ring (bicyclic) bond motifs is 1. The Kier molecular flexibility index (Phi) is 5.84. The molecule has 0 saturated heterocycles. The molecule has 0 atom stereocenters. The number of ether oxygens (including phenoxy) is 2. The first-order chi connectivity index (χ1) is 13.4. The third kappa shape index (κ3) is 3.94. The topological polar surface area (TPSA) is 78.1 Å². The normalized spacial score (nSPS) is 11.9. The van der Waals surface area contributed by atoms with Gasteiger partial charge >= 0.3 is 5.97 Å². The minimum atomic E-state index is -2.85. The molecule has 0 N–H and O–H groups in total. The average molecular weight is 409 g/mol. The number of aromatic nitrogens is 3. The van der Waals surface area contributed by atoms with Crippen LogP contribution in [-0.4, -0.2) is 40.0 Å². The van der Waals surface area contributed by atoms with Crippen LogP contribution in [-0.2, 0) is 9.53 Å². The molecule has 0 aliphatic heterocycles. The maximum Gasteiger partial charge on any atom is 0.357 e. The number of aliphatic imine (C=N–C) groups is 1. The van der Waals surface area contributed by atoms with Crippen LogP contribution in [0.5, 0.6) is 5.75 Å². The van der Waals surface area contributed by atoms with Gasteiger partial charge in [-0.2, -0.15) is 0 Å². The molecule has 0 fully saturated rings. The van der Waals surface area contributed by atoms with Crippen molar-refractivity contribution < 1.29 is 23.0 Å². The van der Waals surface area contributed by atoms with Crippen molar-refractivity contribution in [2.75, 3.05) is 13.7 Å². The quantitative estimate of drug-likeness (QED) is 0.455. The Hall–Kier alpha value is -3.07. The molecule has 3 rings (SSSR count). The van der Waals surface area contributed by atoms with E-state index in [-0.39, 0.29) is 29.4 Å². The minimum Gasteiger partial charge on any atom is -0.493 e. The fourth-order valence-corrected chi connectivity index (χ4v) is 2.62. The maximum atomic E-state index is 13.2. The van der Waals surface area contributed by atoms with E-state index < -0.39 is 18.2 Å². The summed E-state index contributed by atoms with van der Waals surface area (Å²) < 4.78 is 37.8. The van der Waals surface area contributed by atoms with E-state index in [1.54, 1.807) is 31.2 Å². The highest BCUT2D eigenvalue weighted by atomic mass is 35.5. The van der Waals surface area contributed by atoms with Crippen LogP contribution in [0.1, 0.15) is 24.7 Å². The summed E-state index contributed by atoms with van der Waals surface area (Å²) in [5.41, 5.74) is 0.747.